The van der Waals surface area contributed by atoms with Crippen LogP contribution in [0.1, 0.15) is 16.5 Å². The van der Waals surface area contributed by atoms with E-state index >= 15 is 0 Å². The summed E-state index contributed by atoms with van der Waals surface area (Å²) >= 11 is 7.54. The standard InChI is InChI=1S/C18H17ClFNO4S/c1-24-16-7-10(17-21-14(9-26-17)18(22)23)5-6-15(16)25-8-11-12(19)3-2-4-13(11)20/h2-7,14,17,21H,8-9H2,1H3,(H,22,23)/t14-,17+/m0/s1. The van der Waals surface area contributed by atoms with Crippen molar-refractivity contribution >= 4 is 29.3 Å². The van der Waals surface area contributed by atoms with E-state index in [0.29, 0.717) is 22.3 Å². The number of benzene rings is 2. The minimum Gasteiger partial charge on any atom is -0.544 e. The van der Waals surface area contributed by atoms with Gasteiger partial charge in [0, 0.05) is 11.1 Å². The molecule has 1 aliphatic heterocycles. The fraction of sp³-hybridized carbons (Fsp3) is 0.278. The van der Waals surface area contributed by atoms with Gasteiger partial charge in [-0.3, -0.25) is 0 Å². The molecule has 0 aliphatic carbocycles. The Hall–Kier alpha value is -1.96. The zero-order chi connectivity index (χ0) is 18.7. The predicted octanol–water partition coefficient (Wildman–Crippen LogP) is 1.49. The molecule has 0 unspecified atom stereocenters. The average molecular weight is 398 g/mol. The number of carbonyl (C=O) groups is 1. The van der Waals surface area contributed by atoms with Crippen molar-refractivity contribution in [3.63, 3.8) is 0 Å². The van der Waals surface area contributed by atoms with Gasteiger partial charge in [-0.25, -0.2) is 4.39 Å². The highest BCUT2D eigenvalue weighted by atomic mass is 35.5. The Morgan fingerprint density at radius 1 is 1.38 bits per heavy atom. The van der Waals surface area contributed by atoms with Crippen LogP contribution in [0.4, 0.5) is 4.39 Å². The molecule has 2 atom stereocenters. The summed E-state index contributed by atoms with van der Waals surface area (Å²) in [6, 6.07) is 9.26. The number of ether oxygens (including phenoxy) is 2. The molecule has 0 bridgehead atoms. The van der Waals surface area contributed by atoms with E-state index in [4.69, 9.17) is 21.1 Å². The number of carboxylic acid groups (broad SMARTS) is 1. The highest BCUT2D eigenvalue weighted by Gasteiger charge is 2.31. The third-order valence-corrected chi connectivity index (χ3v) is 5.81. The normalized spacial score (nSPS) is 19.3. The maximum Gasteiger partial charge on any atom is 0.161 e. The van der Waals surface area contributed by atoms with Crippen LogP contribution in [0.3, 0.4) is 0 Å². The van der Waals surface area contributed by atoms with E-state index in [2.05, 4.69) is 0 Å². The summed E-state index contributed by atoms with van der Waals surface area (Å²) in [4.78, 5) is 11.0. The largest absolute Gasteiger partial charge is 0.544 e. The molecule has 2 N–H and O–H groups in total. The number of carboxylic acids is 1. The Morgan fingerprint density at radius 3 is 2.85 bits per heavy atom. The van der Waals surface area contributed by atoms with Crippen LogP contribution < -0.4 is 19.9 Å². The first kappa shape index (κ1) is 18.8. The number of rotatable bonds is 6. The number of nitrogens with two attached hydrogens (primary N) is 1. The third kappa shape index (κ3) is 4.06. The minimum atomic E-state index is -1.06. The Labute approximate surface area is 159 Å². The molecule has 0 saturated carbocycles. The number of carbonyl (C=O) groups excluding carboxylic acids is 1. The second-order valence-corrected chi connectivity index (χ2v) is 7.35. The van der Waals surface area contributed by atoms with Crippen molar-refractivity contribution in [2.45, 2.75) is 18.0 Å². The van der Waals surface area contributed by atoms with Gasteiger partial charge in [0.2, 0.25) is 0 Å². The molecule has 8 heteroatoms. The average Bonchev–Trinajstić information content (AvgIpc) is 3.12. The summed E-state index contributed by atoms with van der Waals surface area (Å²) in [6.45, 7) is -0.0295. The van der Waals surface area contributed by atoms with Gasteiger partial charge < -0.3 is 24.7 Å². The molecule has 2 aromatic carbocycles. The van der Waals surface area contributed by atoms with Gasteiger partial charge in [0.05, 0.1) is 17.9 Å². The van der Waals surface area contributed by atoms with Crippen molar-refractivity contribution in [2.24, 2.45) is 0 Å². The van der Waals surface area contributed by atoms with E-state index in [0.717, 1.165) is 5.56 Å². The van der Waals surface area contributed by atoms with Crippen molar-refractivity contribution in [3.8, 4) is 11.5 Å². The first-order valence-electron chi connectivity index (χ1n) is 7.90. The lowest BCUT2D eigenvalue weighted by Crippen LogP contribution is -2.90. The Bertz CT molecular complexity index is 800. The van der Waals surface area contributed by atoms with Crippen molar-refractivity contribution in [1.82, 2.24) is 0 Å². The van der Waals surface area contributed by atoms with Crippen LogP contribution in [0.5, 0.6) is 11.5 Å². The Balaban J connectivity index is 1.74. The Kier molecular flexibility index (Phi) is 5.90. The van der Waals surface area contributed by atoms with Gasteiger partial charge in [-0.1, -0.05) is 29.4 Å². The van der Waals surface area contributed by atoms with Gasteiger partial charge in [-0.2, -0.15) is 0 Å². The lowest BCUT2D eigenvalue weighted by molar-refractivity contribution is -0.690. The molecule has 1 saturated heterocycles. The molecule has 0 aromatic heterocycles. The van der Waals surface area contributed by atoms with Crippen molar-refractivity contribution in [2.75, 3.05) is 12.9 Å². The first-order valence-corrected chi connectivity index (χ1v) is 9.33. The molecule has 3 rings (SSSR count). The maximum atomic E-state index is 13.9. The number of thioether (sulfide) groups is 1. The molecule has 0 radical (unpaired) electrons. The molecule has 1 fully saturated rings. The van der Waals surface area contributed by atoms with E-state index in [1.807, 2.05) is 6.07 Å². The van der Waals surface area contributed by atoms with E-state index in [-0.39, 0.29) is 17.5 Å². The molecule has 2 aromatic rings. The van der Waals surface area contributed by atoms with E-state index in [9.17, 15) is 14.3 Å². The van der Waals surface area contributed by atoms with Gasteiger partial charge in [0.15, 0.2) is 16.9 Å². The second-order valence-electron chi connectivity index (χ2n) is 5.77. The quantitative estimate of drug-likeness (QED) is 0.799. The van der Waals surface area contributed by atoms with Gasteiger partial charge in [0.25, 0.3) is 0 Å². The predicted molar refractivity (Wildman–Crippen MR) is 94.7 cm³/mol. The van der Waals surface area contributed by atoms with Crippen molar-refractivity contribution in [1.29, 1.82) is 0 Å². The molecule has 0 spiro atoms. The van der Waals surface area contributed by atoms with Crippen LogP contribution in [0.25, 0.3) is 0 Å². The zero-order valence-electron chi connectivity index (χ0n) is 13.9. The van der Waals surface area contributed by atoms with Gasteiger partial charge in [0.1, 0.15) is 24.4 Å². The third-order valence-electron chi connectivity index (χ3n) is 4.12. The minimum absolute atomic E-state index is 0.0295. The maximum absolute atomic E-state index is 13.9. The molecule has 0 amide bonds. The van der Waals surface area contributed by atoms with Gasteiger partial charge in [-0.05, 0) is 30.3 Å². The smallest absolute Gasteiger partial charge is 0.161 e. The highest BCUT2D eigenvalue weighted by Crippen LogP contribution is 2.35. The number of aliphatic carboxylic acids is 1. The molecular weight excluding hydrogens is 381 g/mol. The summed E-state index contributed by atoms with van der Waals surface area (Å²) in [5.41, 5.74) is 1.18. The Morgan fingerprint density at radius 2 is 2.19 bits per heavy atom. The van der Waals surface area contributed by atoms with Crippen LogP contribution in [-0.2, 0) is 11.4 Å². The van der Waals surface area contributed by atoms with Crippen LogP contribution in [0.2, 0.25) is 5.02 Å². The van der Waals surface area contributed by atoms with Crippen LogP contribution in [0.15, 0.2) is 36.4 Å². The first-order chi connectivity index (χ1) is 12.5. The second kappa shape index (κ2) is 8.16. The molecule has 138 valence electrons. The number of methoxy groups -OCH3 is 1. The zero-order valence-corrected chi connectivity index (χ0v) is 15.5. The van der Waals surface area contributed by atoms with Crippen LogP contribution in [-0.4, -0.2) is 24.9 Å². The molecule has 5 nitrogen and oxygen atoms in total. The lowest BCUT2D eigenvalue weighted by atomic mass is 10.2. The van der Waals surface area contributed by atoms with E-state index < -0.39 is 17.8 Å². The number of hydrogen-bond donors (Lipinski definition) is 1. The molecule has 26 heavy (non-hydrogen) atoms. The fourth-order valence-corrected chi connectivity index (χ4v) is 4.20. The van der Waals surface area contributed by atoms with E-state index in [1.165, 1.54) is 31.0 Å². The van der Waals surface area contributed by atoms with Crippen LogP contribution >= 0.6 is 23.4 Å². The molecule has 1 aliphatic rings. The van der Waals surface area contributed by atoms with Crippen molar-refractivity contribution in [3.05, 3.63) is 58.4 Å². The number of halogens is 2. The summed E-state index contributed by atoms with van der Waals surface area (Å²) in [5, 5.41) is 13.0. The van der Waals surface area contributed by atoms with Crippen molar-refractivity contribution < 1.29 is 29.1 Å². The molecule has 1 heterocycles. The van der Waals surface area contributed by atoms with Crippen LogP contribution in [0, 0.1) is 5.82 Å². The highest BCUT2D eigenvalue weighted by molar-refractivity contribution is 7.99. The SMILES string of the molecule is COc1cc([C@@H]2[NH2+][C@H](C(=O)[O-])CS2)ccc1OCc1c(F)cccc1Cl. The topological polar surface area (TPSA) is 75.2 Å². The summed E-state index contributed by atoms with van der Waals surface area (Å²) in [7, 11) is 1.51. The summed E-state index contributed by atoms with van der Waals surface area (Å²) in [6.07, 6.45) is 0. The number of hydrogen-bond acceptors (Lipinski definition) is 5. The monoisotopic (exact) mass is 397 g/mol. The summed E-state index contributed by atoms with van der Waals surface area (Å²) in [5.74, 6) is -0.0674. The molecular formula is C18H17ClFNO4S. The summed E-state index contributed by atoms with van der Waals surface area (Å²) < 4.78 is 24.9. The fourth-order valence-electron chi connectivity index (χ4n) is 2.68. The number of quaternary nitrogens is 1. The van der Waals surface area contributed by atoms with Gasteiger partial charge in [-0.15, -0.1) is 0 Å². The lowest BCUT2D eigenvalue weighted by Gasteiger charge is -2.15. The van der Waals surface area contributed by atoms with Gasteiger partial charge >= 0.3 is 0 Å². The van der Waals surface area contributed by atoms with E-state index in [1.54, 1.807) is 23.5 Å².